The number of likely N-dealkylation sites (tertiary alicyclic amines) is 1. The van der Waals surface area contributed by atoms with E-state index in [1.54, 1.807) is 37.3 Å². The molecule has 0 unspecified atom stereocenters. The van der Waals surface area contributed by atoms with Gasteiger partial charge >= 0.3 is 0 Å². The number of anilines is 1. The Kier molecular flexibility index (Phi) is 4.53. The van der Waals surface area contributed by atoms with Crippen molar-refractivity contribution in [2.75, 3.05) is 19.0 Å². The first-order valence-corrected chi connectivity index (χ1v) is 8.10. The quantitative estimate of drug-likeness (QED) is 0.862. The highest BCUT2D eigenvalue weighted by Gasteiger charge is 2.44. The van der Waals surface area contributed by atoms with Crippen molar-refractivity contribution < 1.29 is 14.0 Å². The van der Waals surface area contributed by atoms with E-state index < -0.39 is 12.0 Å². The first kappa shape index (κ1) is 17.1. The Bertz CT molecular complexity index is 807. The molecule has 1 aliphatic rings. The lowest BCUT2D eigenvalue weighted by molar-refractivity contribution is -0.128. The summed E-state index contributed by atoms with van der Waals surface area (Å²) in [4.78, 5) is 32.6. The van der Waals surface area contributed by atoms with E-state index in [4.69, 9.17) is 0 Å². The third-order valence-corrected chi connectivity index (χ3v) is 4.75. The van der Waals surface area contributed by atoms with Gasteiger partial charge in [-0.25, -0.2) is 9.37 Å². The number of aryl methyl sites for hydroxylation is 1. The molecular formula is C19H20FN3O2. The second kappa shape index (κ2) is 6.63. The molecule has 0 spiro atoms. The van der Waals surface area contributed by atoms with Gasteiger partial charge in [-0.15, -0.1) is 0 Å². The lowest BCUT2D eigenvalue weighted by Crippen LogP contribution is -2.36. The Morgan fingerprint density at radius 1 is 1.28 bits per heavy atom. The van der Waals surface area contributed by atoms with Gasteiger partial charge in [-0.05, 0) is 36.2 Å². The van der Waals surface area contributed by atoms with Gasteiger partial charge in [0.05, 0.1) is 12.0 Å². The lowest BCUT2D eigenvalue weighted by atomic mass is 9.92. The molecule has 2 amide bonds. The van der Waals surface area contributed by atoms with E-state index >= 15 is 0 Å². The first-order valence-electron chi connectivity index (χ1n) is 8.10. The number of carbonyl (C=O) groups excluding carboxylic acids is 2. The van der Waals surface area contributed by atoms with Gasteiger partial charge < -0.3 is 4.90 Å². The summed E-state index contributed by atoms with van der Waals surface area (Å²) in [6, 6.07) is 9.23. The topological polar surface area (TPSA) is 53.5 Å². The zero-order valence-electron chi connectivity index (χ0n) is 14.4. The van der Waals surface area contributed by atoms with Crippen LogP contribution < -0.4 is 4.90 Å². The normalized spacial score (nSPS) is 20.0. The molecule has 2 atom stereocenters. The summed E-state index contributed by atoms with van der Waals surface area (Å²) in [6.07, 6.45) is 1.77. The summed E-state index contributed by atoms with van der Waals surface area (Å²) in [5.74, 6) is -0.575. The number of amides is 2. The van der Waals surface area contributed by atoms with Gasteiger partial charge in [0, 0.05) is 26.7 Å². The molecule has 0 N–H and O–H groups in total. The maximum Gasteiger partial charge on any atom is 0.233 e. The fourth-order valence-corrected chi connectivity index (χ4v) is 3.39. The van der Waals surface area contributed by atoms with Crippen molar-refractivity contribution in [2.45, 2.75) is 19.4 Å². The number of carbonyl (C=O) groups is 2. The third kappa shape index (κ3) is 3.12. The lowest BCUT2D eigenvalue weighted by Gasteiger charge is -2.28. The highest BCUT2D eigenvalue weighted by atomic mass is 19.1. The number of rotatable bonds is 3. The van der Waals surface area contributed by atoms with Gasteiger partial charge in [0.2, 0.25) is 11.8 Å². The van der Waals surface area contributed by atoms with Crippen molar-refractivity contribution in [3.05, 3.63) is 59.5 Å². The largest absolute Gasteiger partial charge is 0.338 e. The highest BCUT2D eigenvalue weighted by molar-refractivity contribution is 5.99. The van der Waals surface area contributed by atoms with E-state index in [-0.39, 0.29) is 24.1 Å². The van der Waals surface area contributed by atoms with Gasteiger partial charge in [0.25, 0.3) is 0 Å². The molecule has 25 heavy (non-hydrogen) atoms. The van der Waals surface area contributed by atoms with Gasteiger partial charge in [-0.2, -0.15) is 0 Å². The molecule has 1 aromatic carbocycles. The molecule has 2 aromatic rings. The van der Waals surface area contributed by atoms with Crippen LogP contribution in [0, 0.1) is 18.7 Å². The van der Waals surface area contributed by atoms with Crippen LogP contribution in [0.25, 0.3) is 0 Å². The van der Waals surface area contributed by atoms with Gasteiger partial charge in [-0.3, -0.25) is 14.5 Å². The number of benzene rings is 1. The predicted octanol–water partition coefficient (Wildman–Crippen LogP) is 2.71. The summed E-state index contributed by atoms with van der Waals surface area (Å²) in [6.45, 7) is 1.88. The van der Waals surface area contributed by atoms with Crippen LogP contribution in [0.3, 0.4) is 0 Å². The van der Waals surface area contributed by atoms with Crippen molar-refractivity contribution in [3.63, 3.8) is 0 Å². The number of nitrogens with zero attached hydrogens (tertiary/aromatic N) is 3. The zero-order chi connectivity index (χ0) is 18.1. The second-order valence-corrected chi connectivity index (χ2v) is 6.35. The van der Waals surface area contributed by atoms with Gasteiger partial charge in [0.1, 0.15) is 11.6 Å². The summed E-state index contributed by atoms with van der Waals surface area (Å²) in [5, 5.41) is 0. The van der Waals surface area contributed by atoms with E-state index in [1.807, 2.05) is 19.1 Å². The molecule has 0 radical (unpaired) electrons. The molecule has 1 fully saturated rings. The smallest absolute Gasteiger partial charge is 0.233 e. The van der Waals surface area contributed by atoms with Gasteiger partial charge in [0.15, 0.2) is 0 Å². The van der Waals surface area contributed by atoms with E-state index in [0.717, 1.165) is 11.1 Å². The number of halogens is 1. The molecule has 0 bridgehead atoms. The SMILES string of the molecule is Cc1cccnc1N(C)C(=O)[C@@H]1CC(=O)N(C)[C@H]1c1ccc(F)cc1. The molecule has 5 nitrogen and oxygen atoms in total. The van der Waals surface area contributed by atoms with Crippen LogP contribution in [0.2, 0.25) is 0 Å². The van der Waals surface area contributed by atoms with Crippen LogP contribution in [-0.4, -0.2) is 35.8 Å². The molecular weight excluding hydrogens is 321 g/mol. The van der Waals surface area contributed by atoms with E-state index in [1.165, 1.54) is 17.0 Å². The zero-order valence-corrected chi connectivity index (χ0v) is 14.4. The minimum absolute atomic E-state index is 0.0983. The summed E-state index contributed by atoms with van der Waals surface area (Å²) >= 11 is 0. The number of hydrogen-bond donors (Lipinski definition) is 0. The molecule has 1 aliphatic heterocycles. The van der Waals surface area contributed by atoms with Gasteiger partial charge in [-0.1, -0.05) is 18.2 Å². The van der Waals surface area contributed by atoms with Crippen molar-refractivity contribution in [1.29, 1.82) is 0 Å². The number of pyridine rings is 1. The fourth-order valence-electron chi connectivity index (χ4n) is 3.39. The predicted molar refractivity (Wildman–Crippen MR) is 92.4 cm³/mol. The summed E-state index contributed by atoms with van der Waals surface area (Å²) in [5.41, 5.74) is 1.63. The van der Waals surface area contributed by atoms with Crippen LogP contribution in [0.15, 0.2) is 42.6 Å². The Morgan fingerprint density at radius 2 is 1.96 bits per heavy atom. The molecule has 3 rings (SSSR count). The van der Waals surface area contributed by atoms with Crippen LogP contribution >= 0.6 is 0 Å². The van der Waals surface area contributed by atoms with E-state index in [9.17, 15) is 14.0 Å². The Labute approximate surface area is 146 Å². The van der Waals surface area contributed by atoms with E-state index in [0.29, 0.717) is 5.82 Å². The fraction of sp³-hybridized carbons (Fsp3) is 0.316. The molecule has 0 aliphatic carbocycles. The highest BCUT2D eigenvalue weighted by Crippen LogP contribution is 2.38. The third-order valence-electron chi connectivity index (χ3n) is 4.75. The molecule has 130 valence electrons. The Balaban J connectivity index is 1.93. The minimum atomic E-state index is -0.533. The standard InChI is InChI=1S/C19H20FN3O2/c1-12-5-4-10-21-18(12)23(3)19(25)15-11-16(24)22(2)17(15)13-6-8-14(20)9-7-13/h4-10,15,17H,11H2,1-3H3/t15-,17+/m1/s1. The monoisotopic (exact) mass is 341 g/mol. The minimum Gasteiger partial charge on any atom is -0.338 e. The Morgan fingerprint density at radius 3 is 2.60 bits per heavy atom. The summed E-state index contributed by atoms with van der Waals surface area (Å²) < 4.78 is 13.2. The number of aromatic nitrogens is 1. The molecule has 6 heteroatoms. The average molecular weight is 341 g/mol. The first-order chi connectivity index (χ1) is 11.9. The molecule has 1 saturated heterocycles. The van der Waals surface area contributed by atoms with E-state index in [2.05, 4.69) is 4.98 Å². The van der Waals surface area contributed by atoms with Crippen molar-refractivity contribution in [2.24, 2.45) is 5.92 Å². The Hall–Kier alpha value is -2.76. The van der Waals surface area contributed by atoms with Crippen LogP contribution in [0.4, 0.5) is 10.2 Å². The van der Waals surface area contributed by atoms with Crippen LogP contribution in [0.5, 0.6) is 0 Å². The molecule has 1 aromatic heterocycles. The number of hydrogen-bond acceptors (Lipinski definition) is 3. The second-order valence-electron chi connectivity index (χ2n) is 6.35. The maximum absolute atomic E-state index is 13.2. The van der Waals surface area contributed by atoms with Crippen molar-refractivity contribution in [3.8, 4) is 0 Å². The van der Waals surface area contributed by atoms with Crippen LogP contribution in [-0.2, 0) is 9.59 Å². The summed E-state index contributed by atoms with van der Waals surface area (Å²) in [7, 11) is 3.35. The van der Waals surface area contributed by atoms with Crippen molar-refractivity contribution in [1.82, 2.24) is 9.88 Å². The molecule has 0 saturated carbocycles. The molecule has 2 heterocycles. The average Bonchev–Trinajstić information content (AvgIpc) is 2.90. The maximum atomic E-state index is 13.2. The van der Waals surface area contributed by atoms with Crippen LogP contribution in [0.1, 0.15) is 23.6 Å². The van der Waals surface area contributed by atoms with Crippen molar-refractivity contribution >= 4 is 17.6 Å².